The molecule has 1 aliphatic heterocycles. The predicted octanol–water partition coefficient (Wildman–Crippen LogP) is 2.31. The first kappa shape index (κ1) is 13.7. The van der Waals surface area contributed by atoms with Crippen molar-refractivity contribution in [3.05, 3.63) is 29.6 Å². The molecule has 1 aromatic heterocycles. The van der Waals surface area contributed by atoms with Gasteiger partial charge in [0.1, 0.15) is 0 Å². The molecule has 80 valence electrons. The Bertz CT molecular complexity index is 273. The number of hydrogen-bond donors (Lipinski definition) is 1. The van der Waals surface area contributed by atoms with Crippen LogP contribution < -0.4 is 5.32 Å². The van der Waals surface area contributed by atoms with Crippen LogP contribution in [0.25, 0.3) is 0 Å². The zero-order chi connectivity index (χ0) is 8.39. The Hall–Kier alpha value is -0.310. The summed E-state index contributed by atoms with van der Waals surface area (Å²) in [5.41, 5.74) is 2.61. The maximum atomic E-state index is 4.42. The summed E-state index contributed by atoms with van der Waals surface area (Å²) in [5, 5.41) is 3.36. The SMILES string of the molecule is Cc1cccnc1C1CCNC1.Cl.Cl. The van der Waals surface area contributed by atoms with E-state index in [-0.39, 0.29) is 24.8 Å². The second kappa shape index (κ2) is 6.23. The first-order valence-electron chi connectivity index (χ1n) is 4.50. The number of nitrogens with one attached hydrogen (secondary N) is 1. The average Bonchev–Trinajstić information content (AvgIpc) is 2.57. The molecular weight excluding hydrogens is 219 g/mol. The molecule has 2 rings (SSSR count). The number of aromatic nitrogens is 1. The summed E-state index contributed by atoms with van der Waals surface area (Å²) < 4.78 is 0. The Labute approximate surface area is 97.3 Å². The second-order valence-corrected chi connectivity index (χ2v) is 3.40. The van der Waals surface area contributed by atoms with Gasteiger partial charge in [-0.15, -0.1) is 24.8 Å². The lowest BCUT2D eigenvalue weighted by atomic mass is 10.0. The van der Waals surface area contributed by atoms with Crippen molar-refractivity contribution in [2.75, 3.05) is 13.1 Å². The van der Waals surface area contributed by atoms with E-state index in [0.29, 0.717) is 5.92 Å². The van der Waals surface area contributed by atoms with Crippen molar-refractivity contribution in [2.45, 2.75) is 19.3 Å². The van der Waals surface area contributed by atoms with Gasteiger partial charge in [0.2, 0.25) is 0 Å². The maximum Gasteiger partial charge on any atom is 0.0476 e. The van der Waals surface area contributed by atoms with Gasteiger partial charge in [-0.05, 0) is 31.5 Å². The van der Waals surface area contributed by atoms with Gasteiger partial charge in [0.05, 0.1) is 0 Å². The van der Waals surface area contributed by atoms with E-state index in [2.05, 4.69) is 23.3 Å². The third-order valence-electron chi connectivity index (χ3n) is 2.50. The summed E-state index contributed by atoms with van der Waals surface area (Å²) in [4.78, 5) is 4.42. The van der Waals surface area contributed by atoms with Crippen LogP contribution in [-0.4, -0.2) is 18.1 Å². The molecule has 0 radical (unpaired) electrons. The van der Waals surface area contributed by atoms with E-state index >= 15 is 0 Å². The molecule has 1 unspecified atom stereocenters. The maximum absolute atomic E-state index is 4.42. The van der Waals surface area contributed by atoms with Crippen LogP contribution in [0, 0.1) is 6.92 Å². The number of rotatable bonds is 1. The van der Waals surface area contributed by atoms with E-state index in [1.165, 1.54) is 17.7 Å². The third-order valence-corrected chi connectivity index (χ3v) is 2.50. The molecule has 0 aromatic carbocycles. The molecule has 1 fully saturated rings. The Morgan fingerprint density at radius 1 is 1.43 bits per heavy atom. The number of hydrogen-bond acceptors (Lipinski definition) is 2. The van der Waals surface area contributed by atoms with Gasteiger partial charge < -0.3 is 5.32 Å². The molecule has 4 heteroatoms. The molecule has 0 bridgehead atoms. The van der Waals surface area contributed by atoms with E-state index in [0.717, 1.165) is 13.1 Å². The van der Waals surface area contributed by atoms with E-state index < -0.39 is 0 Å². The van der Waals surface area contributed by atoms with Crippen molar-refractivity contribution in [1.29, 1.82) is 0 Å². The van der Waals surface area contributed by atoms with E-state index in [9.17, 15) is 0 Å². The van der Waals surface area contributed by atoms with Crippen LogP contribution in [0.4, 0.5) is 0 Å². The zero-order valence-electron chi connectivity index (χ0n) is 8.19. The van der Waals surface area contributed by atoms with Gasteiger partial charge >= 0.3 is 0 Å². The average molecular weight is 235 g/mol. The third kappa shape index (κ3) is 2.84. The van der Waals surface area contributed by atoms with Gasteiger partial charge in [-0.2, -0.15) is 0 Å². The van der Waals surface area contributed by atoms with Crippen LogP contribution >= 0.6 is 24.8 Å². The lowest BCUT2D eigenvalue weighted by molar-refractivity contribution is 0.728. The van der Waals surface area contributed by atoms with Crippen LogP contribution in [0.3, 0.4) is 0 Å². The Kier molecular flexibility index (Phi) is 6.09. The van der Waals surface area contributed by atoms with E-state index in [1.807, 2.05) is 12.3 Å². The van der Waals surface area contributed by atoms with Crippen molar-refractivity contribution >= 4 is 24.8 Å². The number of pyridine rings is 1. The minimum Gasteiger partial charge on any atom is -0.316 e. The highest BCUT2D eigenvalue weighted by molar-refractivity contribution is 5.85. The van der Waals surface area contributed by atoms with Gasteiger partial charge in [0.25, 0.3) is 0 Å². The summed E-state index contributed by atoms with van der Waals surface area (Å²) in [6.07, 6.45) is 3.12. The Morgan fingerprint density at radius 2 is 2.21 bits per heavy atom. The predicted molar refractivity (Wildman–Crippen MR) is 63.7 cm³/mol. The van der Waals surface area contributed by atoms with Crippen molar-refractivity contribution in [1.82, 2.24) is 10.3 Å². The summed E-state index contributed by atoms with van der Waals surface area (Å²) in [7, 11) is 0. The normalized spacial score (nSPS) is 19.6. The van der Waals surface area contributed by atoms with Gasteiger partial charge in [0, 0.05) is 24.4 Å². The fraction of sp³-hybridized carbons (Fsp3) is 0.500. The lowest BCUT2D eigenvalue weighted by Crippen LogP contribution is -2.09. The smallest absolute Gasteiger partial charge is 0.0476 e. The minimum absolute atomic E-state index is 0. The quantitative estimate of drug-likeness (QED) is 0.807. The molecule has 1 aliphatic rings. The molecular formula is C10H16Cl2N2. The van der Waals surface area contributed by atoms with Gasteiger partial charge in [-0.1, -0.05) is 6.07 Å². The minimum atomic E-state index is 0. The van der Waals surface area contributed by atoms with Crippen LogP contribution in [0.15, 0.2) is 18.3 Å². The molecule has 0 spiro atoms. The molecule has 1 atom stereocenters. The second-order valence-electron chi connectivity index (χ2n) is 3.40. The standard InChI is InChI=1S/C10H14N2.2ClH/c1-8-3-2-5-12-10(8)9-4-6-11-7-9;;/h2-3,5,9,11H,4,6-7H2,1H3;2*1H. The molecule has 0 saturated carbocycles. The van der Waals surface area contributed by atoms with Crippen LogP contribution in [0.5, 0.6) is 0 Å². The monoisotopic (exact) mass is 234 g/mol. The van der Waals surface area contributed by atoms with Gasteiger partial charge in [-0.3, -0.25) is 4.98 Å². The lowest BCUT2D eigenvalue weighted by Gasteiger charge is -2.09. The molecule has 1 N–H and O–H groups in total. The molecule has 2 nitrogen and oxygen atoms in total. The summed E-state index contributed by atoms with van der Waals surface area (Å²) in [6.45, 7) is 4.37. The topological polar surface area (TPSA) is 24.9 Å². The van der Waals surface area contributed by atoms with Crippen molar-refractivity contribution in [3.8, 4) is 0 Å². The fourth-order valence-corrected chi connectivity index (χ4v) is 1.81. The van der Waals surface area contributed by atoms with Crippen molar-refractivity contribution in [3.63, 3.8) is 0 Å². The Morgan fingerprint density at radius 3 is 2.79 bits per heavy atom. The molecule has 14 heavy (non-hydrogen) atoms. The molecule has 0 aliphatic carbocycles. The van der Waals surface area contributed by atoms with Crippen LogP contribution in [0.1, 0.15) is 23.6 Å². The molecule has 1 saturated heterocycles. The molecule has 2 heterocycles. The van der Waals surface area contributed by atoms with Gasteiger partial charge in [-0.25, -0.2) is 0 Å². The highest BCUT2D eigenvalue weighted by atomic mass is 35.5. The largest absolute Gasteiger partial charge is 0.316 e. The summed E-state index contributed by atoms with van der Waals surface area (Å²) in [5.74, 6) is 0.645. The van der Waals surface area contributed by atoms with Crippen LogP contribution in [-0.2, 0) is 0 Å². The van der Waals surface area contributed by atoms with E-state index in [1.54, 1.807) is 0 Å². The number of nitrogens with zero attached hydrogens (tertiary/aromatic N) is 1. The summed E-state index contributed by atoms with van der Waals surface area (Å²) in [6, 6.07) is 4.14. The van der Waals surface area contributed by atoms with Crippen molar-refractivity contribution in [2.24, 2.45) is 0 Å². The molecule has 1 aromatic rings. The highest BCUT2D eigenvalue weighted by Crippen LogP contribution is 2.22. The summed E-state index contributed by atoms with van der Waals surface area (Å²) >= 11 is 0. The van der Waals surface area contributed by atoms with Crippen LogP contribution in [0.2, 0.25) is 0 Å². The van der Waals surface area contributed by atoms with Crippen molar-refractivity contribution < 1.29 is 0 Å². The Balaban J connectivity index is 0.000000845. The number of aryl methyl sites for hydroxylation is 1. The first-order valence-corrected chi connectivity index (χ1v) is 4.50. The molecule has 0 amide bonds. The fourth-order valence-electron chi connectivity index (χ4n) is 1.81. The first-order chi connectivity index (χ1) is 5.88. The zero-order valence-corrected chi connectivity index (χ0v) is 9.83. The van der Waals surface area contributed by atoms with E-state index in [4.69, 9.17) is 0 Å². The van der Waals surface area contributed by atoms with Gasteiger partial charge in [0.15, 0.2) is 0 Å². The highest BCUT2D eigenvalue weighted by Gasteiger charge is 2.18. The number of halogens is 2.